The van der Waals surface area contributed by atoms with Crippen molar-refractivity contribution >= 4 is 16.8 Å². The van der Waals surface area contributed by atoms with E-state index in [1.54, 1.807) is 19.2 Å². The van der Waals surface area contributed by atoms with E-state index in [0.29, 0.717) is 23.4 Å². The molecule has 0 bridgehead atoms. The van der Waals surface area contributed by atoms with Gasteiger partial charge in [-0.2, -0.15) is 0 Å². The maximum atomic E-state index is 11.2. The Kier molecular flexibility index (Phi) is 3.16. The van der Waals surface area contributed by atoms with E-state index in [9.17, 15) is 4.79 Å². The highest BCUT2D eigenvalue weighted by molar-refractivity contribution is 5.81. The number of rotatable bonds is 4. The lowest BCUT2D eigenvalue weighted by molar-refractivity contribution is 0.417. The van der Waals surface area contributed by atoms with Gasteiger partial charge in [0.2, 0.25) is 0 Å². The first-order valence-electron chi connectivity index (χ1n) is 6.25. The molecule has 0 fully saturated rings. The molecule has 0 atom stereocenters. The highest BCUT2D eigenvalue weighted by Crippen LogP contribution is 2.29. The van der Waals surface area contributed by atoms with Crippen LogP contribution in [0.15, 0.2) is 51.7 Å². The van der Waals surface area contributed by atoms with Gasteiger partial charge in [0.1, 0.15) is 5.75 Å². The van der Waals surface area contributed by atoms with Crippen molar-refractivity contribution in [3.8, 4) is 5.75 Å². The highest BCUT2D eigenvalue weighted by atomic mass is 16.5. The molecule has 0 amide bonds. The van der Waals surface area contributed by atoms with Crippen LogP contribution in [-0.4, -0.2) is 12.1 Å². The first-order valence-corrected chi connectivity index (χ1v) is 6.25. The van der Waals surface area contributed by atoms with Gasteiger partial charge in [0.25, 0.3) is 0 Å². The summed E-state index contributed by atoms with van der Waals surface area (Å²) in [6.07, 6.45) is 0. The van der Waals surface area contributed by atoms with Gasteiger partial charge in [-0.25, -0.2) is 4.79 Å². The molecule has 1 heterocycles. The average molecular weight is 270 g/mol. The van der Waals surface area contributed by atoms with Crippen molar-refractivity contribution in [3.63, 3.8) is 0 Å². The molecule has 0 aliphatic heterocycles. The molecule has 0 aliphatic carbocycles. The van der Waals surface area contributed by atoms with E-state index in [4.69, 9.17) is 9.15 Å². The molecule has 0 unspecified atom stereocenters. The fraction of sp³-hybridized carbons (Fsp3) is 0.133. The molecule has 0 spiro atoms. The number of nitrogens with one attached hydrogen (secondary N) is 2. The molecule has 3 rings (SSSR count). The van der Waals surface area contributed by atoms with Crippen molar-refractivity contribution in [1.29, 1.82) is 0 Å². The number of hydrogen-bond donors (Lipinski definition) is 2. The molecule has 0 aliphatic rings. The lowest BCUT2D eigenvalue weighted by Crippen LogP contribution is -2.01. The van der Waals surface area contributed by atoms with E-state index in [1.807, 2.05) is 30.3 Å². The second-order valence-corrected chi connectivity index (χ2v) is 4.40. The molecule has 5 heteroatoms. The van der Waals surface area contributed by atoms with Crippen molar-refractivity contribution < 1.29 is 9.15 Å². The van der Waals surface area contributed by atoms with E-state index in [2.05, 4.69) is 10.3 Å². The van der Waals surface area contributed by atoms with Gasteiger partial charge < -0.3 is 14.5 Å². The molecule has 0 saturated heterocycles. The van der Waals surface area contributed by atoms with Gasteiger partial charge in [0.15, 0.2) is 5.58 Å². The Bertz CT molecular complexity index is 775. The minimum Gasteiger partial charge on any atom is -0.495 e. The molecular weight excluding hydrogens is 256 g/mol. The number of anilines is 1. The molecule has 2 aromatic carbocycles. The van der Waals surface area contributed by atoms with Crippen LogP contribution in [0.4, 0.5) is 5.69 Å². The third-order valence-corrected chi connectivity index (χ3v) is 3.07. The molecule has 20 heavy (non-hydrogen) atoms. The number of hydrogen-bond acceptors (Lipinski definition) is 4. The summed E-state index contributed by atoms with van der Waals surface area (Å²) in [7, 11) is 1.59. The van der Waals surface area contributed by atoms with Crippen molar-refractivity contribution in [1.82, 2.24) is 4.98 Å². The third-order valence-electron chi connectivity index (χ3n) is 3.07. The molecule has 0 radical (unpaired) electrons. The molecule has 102 valence electrons. The van der Waals surface area contributed by atoms with Crippen molar-refractivity contribution in [2.45, 2.75) is 6.54 Å². The number of ether oxygens (including phenoxy) is 1. The Hall–Kier alpha value is -2.69. The second-order valence-electron chi connectivity index (χ2n) is 4.40. The van der Waals surface area contributed by atoms with Crippen LogP contribution in [0.25, 0.3) is 11.1 Å². The highest BCUT2D eigenvalue weighted by Gasteiger charge is 2.09. The van der Waals surface area contributed by atoms with E-state index in [1.165, 1.54) is 0 Å². The lowest BCUT2D eigenvalue weighted by atomic mass is 10.2. The van der Waals surface area contributed by atoms with Gasteiger partial charge >= 0.3 is 5.76 Å². The summed E-state index contributed by atoms with van der Waals surface area (Å²) in [4.78, 5) is 13.8. The summed E-state index contributed by atoms with van der Waals surface area (Å²) in [5, 5.41) is 3.28. The topological polar surface area (TPSA) is 67.3 Å². The van der Waals surface area contributed by atoms with Crippen LogP contribution in [0.1, 0.15) is 5.56 Å². The second kappa shape index (κ2) is 5.13. The minimum absolute atomic E-state index is 0.470. The Morgan fingerprint density at radius 3 is 2.80 bits per heavy atom. The molecule has 5 nitrogen and oxygen atoms in total. The summed E-state index contributed by atoms with van der Waals surface area (Å²) in [5.41, 5.74) is 3.07. The molecule has 3 aromatic rings. The van der Waals surface area contributed by atoms with E-state index in [-0.39, 0.29) is 0 Å². The number of aromatic amines is 1. The fourth-order valence-corrected chi connectivity index (χ4v) is 2.08. The number of H-pyrrole nitrogens is 1. The van der Waals surface area contributed by atoms with Crippen molar-refractivity contribution in [3.05, 3.63) is 58.6 Å². The predicted molar refractivity (Wildman–Crippen MR) is 77.2 cm³/mol. The molecule has 1 aromatic heterocycles. The van der Waals surface area contributed by atoms with Gasteiger partial charge in [-0.1, -0.05) is 30.3 Å². The number of methoxy groups -OCH3 is 1. The van der Waals surface area contributed by atoms with Crippen LogP contribution in [0.5, 0.6) is 5.75 Å². The zero-order valence-corrected chi connectivity index (χ0v) is 11.0. The van der Waals surface area contributed by atoms with Gasteiger partial charge in [0, 0.05) is 18.7 Å². The van der Waals surface area contributed by atoms with Crippen LogP contribution in [0, 0.1) is 0 Å². The third kappa shape index (κ3) is 2.38. The van der Waals surface area contributed by atoms with Gasteiger partial charge in [0.05, 0.1) is 18.3 Å². The lowest BCUT2D eigenvalue weighted by Gasteiger charge is -2.11. The summed E-state index contributed by atoms with van der Waals surface area (Å²) >= 11 is 0. The first kappa shape index (κ1) is 12.3. The first-order chi connectivity index (χ1) is 9.76. The van der Waals surface area contributed by atoms with Gasteiger partial charge in [-0.05, 0) is 5.56 Å². The summed E-state index contributed by atoms with van der Waals surface area (Å²) in [6.45, 7) is 0.664. The van der Waals surface area contributed by atoms with Crippen LogP contribution < -0.4 is 15.8 Å². The minimum atomic E-state index is -0.470. The Balaban J connectivity index is 1.91. The van der Waals surface area contributed by atoms with E-state index in [0.717, 1.165) is 11.3 Å². The SMILES string of the molecule is COc1cc2[nH]c(=O)oc2cc1NCc1ccccc1. The van der Waals surface area contributed by atoms with Crippen molar-refractivity contribution in [2.75, 3.05) is 12.4 Å². The molecule has 0 saturated carbocycles. The zero-order valence-electron chi connectivity index (χ0n) is 11.0. The predicted octanol–water partition coefficient (Wildman–Crippen LogP) is 2.74. The van der Waals surface area contributed by atoms with E-state index >= 15 is 0 Å². The average Bonchev–Trinajstić information content (AvgIpc) is 2.84. The van der Waals surface area contributed by atoms with Crippen molar-refractivity contribution in [2.24, 2.45) is 0 Å². The normalized spacial score (nSPS) is 10.7. The number of fused-ring (bicyclic) bond motifs is 1. The van der Waals surface area contributed by atoms with Gasteiger partial charge in [-0.15, -0.1) is 0 Å². The molecule has 2 N–H and O–H groups in total. The largest absolute Gasteiger partial charge is 0.495 e. The summed E-state index contributed by atoms with van der Waals surface area (Å²) in [6, 6.07) is 13.5. The van der Waals surface area contributed by atoms with Gasteiger partial charge in [-0.3, -0.25) is 4.98 Å². The Labute approximate surface area is 115 Å². The van der Waals surface area contributed by atoms with Crippen LogP contribution >= 0.6 is 0 Å². The summed E-state index contributed by atoms with van der Waals surface area (Å²) in [5.74, 6) is 0.188. The smallest absolute Gasteiger partial charge is 0.417 e. The fourth-order valence-electron chi connectivity index (χ4n) is 2.08. The quantitative estimate of drug-likeness (QED) is 0.765. The maximum absolute atomic E-state index is 11.2. The monoisotopic (exact) mass is 270 g/mol. The van der Waals surface area contributed by atoms with Crippen LogP contribution in [0.3, 0.4) is 0 Å². The number of oxazole rings is 1. The number of benzene rings is 2. The zero-order chi connectivity index (χ0) is 13.9. The van der Waals surface area contributed by atoms with Crippen LogP contribution in [0.2, 0.25) is 0 Å². The standard InChI is InChI=1S/C15H14N2O3/c1-19-13-8-12-14(20-15(18)17-12)7-11(13)16-9-10-5-3-2-4-6-10/h2-8,16H,9H2,1H3,(H,17,18). The van der Waals surface area contributed by atoms with E-state index < -0.39 is 5.76 Å². The Morgan fingerprint density at radius 1 is 1.25 bits per heavy atom. The summed E-state index contributed by atoms with van der Waals surface area (Å²) < 4.78 is 10.4. The molecular formula is C15H14N2O3. The maximum Gasteiger partial charge on any atom is 0.417 e. The number of aromatic nitrogens is 1. The van der Waals surface area contributed by atoms with Crippen LogP contribution in [-0.2, 0) is 6.54 Å². The Morgan fingerprint density at radius 2 is 2.05 bits per heavy atom.